The SMILES string of the molecule is CC(F)=S(F)c1c(C)nn(-c2c(Cl)cc(C(F)(F)F)cc2Cl)c1N=Cc1ccc(O)c(C)c1. The molecule has 4 nitrogen and oxygen atoms in total. The average molecular weight is 524 g/mol. The minimum Gasteiger partial charge on any atom is -0.508 e. The van der Waals surface area contributed by atoms with Crippen molar-refractivity contribution in [2.75, 3.05) is 0 Å². The van der Waals surface area contributed by atoms with Gasteiger partial charge < -0.3 is 5.11 Å². The van der Waals surface area contributed by atoms with Crippen LogP contribution in [0, 0.1) is 13.8 Å². The fourth-order valence-corrected chi connectivity index (χ4v) is 4.47. The van der Waals surface area contributed by atoms with Gasteiger partial charge in [-0.2, -0.15) is 22.2 Å². The van der Waals surface area contributed by atoms with E-state index in [0.29, 0.717) is 23.3 Å². The fraction of sp³-hybridized carbons (Fsp3) is 0.190. The molecule has 12 heteroatoms. The largest absolute Gasteiger partial charge is 0.508 e. The van der Waals surface area contributed by atoms with E-state index in [2.05, 4.69) is 10.1 Å². The van der Waals surface area contributed by atoms with Crippen LogP contribution in [0.15, 0.2) is 40.2 Å². The summed E-state index contributed by atoms with van der Waals surface area (Å²) in [5.74, 6) is -0.130. The van der Waals surface area contributed by atoms with Crippen molar-refractivity contribution in [2.24, 2.45) is 4.99 Å². The smallest absolute Gasteiger partial charge is 0.416 e. The van der Waals surface area contributed by atoms with Crippen LogP contribution in [0.1, 0.15) is 29.3 Å². The third-order valence-corrected chi connectivity index (χ3v) is 6.43. The van der Waals surface area contributed by atoms with Gasteiger partial charge in [0.2, 0.25) is 0 Å². The molecule has 0 radical (unpaired) electrons. The highest BCUT2D eigenvalue weighted by molar-refractivity contribution is 8.11. The van der Waals surface area contributed by atoms with Crippen molar-refractivity contribution in [3.63, 3.8) is 0 Å². The van der Waals surface area contributed by atoms with E-state index in [0.717, 1.165) is 11.6 Å². The number of halogens is 7. The Bertz CT molecular complexity index is 1270. The molecule has 1 atom stereocenters. The van der Waals surface area contributed by atoms with Crippen LogP contribution in [0.25, 0.3) is 5.69 Å². The lowest BCUT2D eigenvalue weighted by Crippen LogP contribution is -2.07. The normalized spacial score (nSPS) is 13.6. The van der Waals surface area contributed by atoms with Gasteiger partial charge in [-0.25, -0.2) is 14.1 Å². The minimum atomic E-state index is -4.69. The number of nitrogens with zero attached hydrogens (tertiary/aromatic N) is 3. The quantitative estimate of drug-likeness (QED) is 0.163. The van der Waals surface area contributed by atoms with Crippen LogP contribution >= 0.6 is 34.1 Å². The molecule has 3 aromatic rings. The molecule has 1 heterocycles. The van der Waals surface area contributed by atoms with Crippen molar-refractivity contribution in [1.82, 2.24) is 9.78 Å². The van der Waals surface area contributed by atoms with Crippen molar-refractivity contribution in [3.05, 3.63) is 62.8 Å². The second kappa shape index (κ2) is 9.44. The van der Waals surface area contributed by atoms with Crippen LogP contribution in [0.4, 0.5) is 27.3 Å². The van der Waals surface area contributed by atoms with E-state index in [1.807, 2.05) is 0 Å². The van der Waals surface area contributed by atoms with Crippen LogP contribution in [0.5, 0.6) is 5.75 Å². The first-order chi connectivity index (χ1) is 15.3. The first-order valence-corrected chi connectivity index (χ1v) is 11.1. The van der Waals surface area contributed by atoms with E-state index >= 15 is 0 Å². The van der Waals surface area contributed by atoms with Gasteiger partial charge in [0.1, 0.15) is 16.3 Å². The number of rotatable bonds is 4. The Morgan fingerprint density at radius 3 is 2.27 bits per heavy atom. The number of aryl methyl sites for hydroxylation is 2. The predicted octanol–water partition coefficient (Wildman–Crippen LogP) is 7.90. The number of hydrogen-bond acceptors (Lipinski definition) is 3. The first-order valence-electron chi connectivity index (χ1n) is 9.20. The Morgan fingerprint density at radius 2 is 1.76 bits per heavy atom. The summed E-state index contributed by atoms with van der Waals surface area (Å²) in [6.45, 7) is 4.02. The van der Waals surface area contributed by atoms with Crippen LogP contribution in [0.3, 0.4) is 0 Å². The monoisotopic (exact) mass is 523 g/mol. The fourth-order valence-electron chi connectivity index (χ4n) is 2.95. The number of benzene rings is 2. The molecule has 1 unspecified atom stereocenters. The van der Waals surface area contributed by atoms with Gasteiger partial charge in [0.25, 0.3) is 0 Å². The number of phenols is 1. The van der Waals surface area contributed by atoms with E-state index in [4.69, 9.17) is 23.2 Å². The number of aromatic hydroxyl groups is 1. The summed E-state index contributed by atoms with van der Waals surface area (Å²) in [5, 5.41) is 12.0. The van der Waals surface area contributed by atoms with E-state index in [1.165, 1.54) is 19.2 Å². The van der Waals surface area contributed by atoms with E-state index in [9.17, 15) is 26.6 Å². The summed E-state index contributed by atoms with van der Waals surface area (Å²) >= 11 is 12.2. The van der Waals surface area contributed by atoms with Gasteiger partial charge >= 0.3 is 6.18 Å². The third-order valence-electron chi connectivity index (χ3n) is 4.52. The van der Waals surface area contributed by atoms with Gasteiger partial charge in [0.05, 0.1) is 32.2 Å². The summed E-state index contributed by atoms with van der Waals surface area (Å²) < 4.78 is 69.0. The lowest BCUT2D eigenvalue weighted by Gasteiger charge is -2.13. The molecule has 0 bridgehead atoms. The first kappa shape index (κ1) is 25.2. The summed E-state index contributed by atoms with van der Waals surface area (Å²) in [5.41, 5.74) is -0.114. The molecule has 0 spiro atoms. The molecule has 1 aromatic heterocycles. The third kappa shape index (κ3) is 5.23. The van der Waals surface area contributed by atoms with Crippen LogP contribution in [0.2, 0.25) is 10.0 Å². The number of aliphatic imine (C=N–C) groups is 1. The number of phenolic OH excluding ortho intramolecular Hbond substituents is 1. The Morgan fingerprint density at radius 1 is 1.15 bits per heavy atom. The zero-order chi connectivity index (χ0) is 24.7. The lowest BCUT2D eigenvalue weighted by atomic mass is 10.1. The van der Waals surface area contributed by atoms with E-state index in [-0.39, 0.29) is 27.8 Å². The van der Waals surface area contributed by atoms with Gasteiger partial charge in [0.15, 0.2) is 10.9 Å². The van der Waals surface area contributed by atoms with Gasteiger partial charge in [-0.3, -0.25) is 0 Å². The van der Waals surface area contributed by atoms with Gasteiger partial charge in [-0.1, -0.05) is 23.2 Å². The second-order valence-corrected chi connectivity index (χ2v) is 9.26. The summed E-state index contributed by atoms with van der Waals surface area (Å²) in [6.07, 6.45) is -3.38. The highest BCUT2D eigenvalue weighted by Crippen LogP contribution is 2.44. The van der Waals surface area contributed by atoms with Crippen molar-refractivity contribution < 1.29 is 26.6 Å². The molecule has 0 saturated carbocycles. The van der Waals surface area contributed by atoms with Gasteiger partial charge in [-0.05, 0) is 62.2 Å². The van der Waals surface area contributed by atoms with Crippen molar-refractivity contribution in [1.29, 1.82) is 0 Å². The molecule has 0 aliphatic rings. The molecule has 0 amide bonds. The summed E-state index contributed by atoms with van der Waals surface area (Å²) in [6, 6.07) is 5.91. The van der Waals surface area contributed by atoms with Crippen LogP contribution < -0.4 is 0 Å². The topological polar surface area (TPSA) is 50.4 Å². The summed E-state index contributed by atoms with van der Waals surface area (Å²) in [4.78, 5) is 4.04. The van der Waals surface area contributed by atoms with Gasteiger partial charge in [0, 0.05) is 6.21 Å². The maximum absolute atomic E-state index is 14.8. The zero-order valence-electron chi connectivity index (χ0n) is 17.3. The van der Waals surface area contributed by atoms with Crippen LogP contribution in [-0.2, 0) is 6.18 Å². The molecular weight excluding hydrogens is 508 g/mol. The second-order valence-electron chi connectivity index (χ2n) is 6.97. The van der Waals surface area contributed by atoms with E-state index < -0.39 is 37.8 Å². The Labute approximate surface area is 198 Å². The molecule has 2 aromatic carbocycles. The minimum absolute atomic E-state index is 0.0545. The Hall–Kier alpha value is -2.43. The zero-order valence-corrected chi connectivity index (χ0v) is 19.6. The molecule has 1 N–H and O–H groups in total. The number of aromatic nitrogens is 2. The van der Waals surface area contributed by atoms with Crippen molar-refractivity contribution in [2.45, 2.75) is 31.8 Å². The number of hydrogen-bond donors (Lipinski definition) is 1. The van der Waals surface area contributed by atoms with Crippen molar-refractivity contribution >= 4 is 51.2 Å². The number of alkyl halides is 3. The molecular formula is C21H16Cl2F5N3OS. The maximum Gasteiger partial charge on any atom is 0.416 e. The van der Waals surface area contributed by atoms with Crippen molar-refractivity contribution in [3.8, 4) is 11.4 Å². The average Bonchev–Trinajstić information content (AvgIpc) is 3.02. The molecule has 176 valence electrons. The molecule has 0 aliphatic carbocycles. The molecule has 3 rings (SSSR count). The molecule has 0 fully saturated rings. The molecule has 0 saturated heterocycles. The maximum atomic E-state index is 14.8. The van der Waals surface area contributed by atoms with Gasteiger partial charge in [-0.15, -0.1) is 0 Å². The molecule has 33 heavy (non-hydrogen) atoms. The lowest BCUT2D eigenvalue weighted by molar-refractivity contribution is -0.137. The van der Waals surface area contributed by atoms with E-state index in [1.54, 1.807) is 19.1 Å². The molecule has 0 aliphatic heterocycles. The predicted molar refractivity (Wildman–Crippen MR) is 122 cm³/mol. The standard InChI is InChI=1S/C21H16Cl2F5N3OS/c1-10-6-13(4-5-17(10)32)9-29-20-19(33(28)12(3)24)11(2)30-31(20)18-15(22)7-14(8-16(18)23)21(25,26)27/h4-9,32H,1-3H3. The van der Waals surface area contributed by atoms with Crippen LogP contribution in [-0.4, -0.2) is 26.2 Å². The summed E-state index contributed by atoms with van der Waals surface area (Å²) in [7, 11) is -2.51. The Kier molecular flexibility index (Phi) is 7.21. The Balaban J connectivity index is 2.27. The highest BCUT2D eigenvalue weighted by Gasteiger charge is 2.33. The highest BCUT2D eigenvalue weighted by atomic mass is 35.5.